The van der Waals surface area contributed by atoms with E-state index < -0.39 is 38.1 Å². The summed E-state index contributed by atoms with van der Waals surface area (Å²) < 4.78 is 41.5. The van der Waals surface area contributed by atoms with Gasteiger partial charge in [-0.3, -0.25) is 23.7 Å². The molecular weight excluding hydrogens is 755 g/mol. The van der Waals surface area contributed by atoms with Crippen molar-refractivity contribution in [1.82, 2.24) is 19.5 Å². The van der Waals surface area contributed by atoms with Crippen LogP contribution in [-0.2, 0) is 22.0 Å². The number of carbonyl (C=O) groups is 3. The van der Waals surface area contributed by atoms with E-state index >= 15 is 0 Å². The van der Waals surface area contributed by atoms with Crippen molar-refractivity contribution in [2.45, 2.75) is 4.90 Å². The van der Waals surface area contributed by atoms with Gasteiger partial charge in [-0.1, -0.05) is 66.7 Å². The normalized spacial score (nSPS) is 11.8. The van der Waals surface area contributed by atoms with E-state index in [1.54, 1.807) is 84.9 Å². The highest BCUT2D eigenvalue weighted by molar-refractivity contribution is 7.86. The highest BCUT2D eigenvalue weighted by Crippen LogP contribution is 2.44. The molecule has 0 fully saturated rings. The van der Waals surface area contributed by atoms with Gasteiger partial charge in [0.25, 0.3) is 22.1 Å². The summed E-state index contributed by atoms with van der Waals surface area (Å²) in [5, 5.41) is 19.3. The molecule has 0 unspecified atom stereocenters. The van der Waals surface area contributed by atoms with Crippen molar-refractivity contribution < 1.29 is 37.2 Å². The standard InChI is InChI=1S/C40H27N7O9S/c1-47-28-17-16-26(32-33(28)31(23-11-5-6-12-24(23)36(32)50)34(37(47)51)35(49)21-9-3-2-4-10-21)41-22-15-18-30(57(53,54)55)27(19-22)43-39-44-38(45-40(52)46-39)42-25-13-7-8-14-29(25)56-20-48/h2-20,41H,1H3,(H,53,54,55)(H3,42,43,44,45,46,52). The number of hydrogen-bond donors (Lipinski definition) is 5. The number of para-hydroxylation sites is 2. The summed E-state index contributed by atoms with van der Waals surface area (Å²) in [6.07, 6.45) is 0. The fourth-order valence-electron chi connectivity index (χ4n) is 6.75. The maximum absolute atomic E-state index is 14.4. The molecule has 8 rings (SSSR count). The fraction of sp³-hybridized carbons (Fsp3) is 0.0250. The molecule has 0 radical (unpaired) electrons. The fourth-order valence-corrected chi connectivity index (χ4v) is 7.38. The number of benzene rings is 5. The van der Waals surface area contributed by atoms with Crippen LogP contribution in [0.3, 0.4) is 0 Å². The first kappa shape index (κ1) is 36.2. The van der Waals surface area contributed by atoms with E-state index in [1.165, 1.54) is 29.8 Å². The van der Waals surface area contributed by atoms with E-state index in [2.05, 4.69) is 30.9 Å². The Hall–Kier alpha value is -7.76. The first-order valence-corrected chi connectivity index (χ1v) is 18.4. The molecule has 7 aromatic rings. The van der Waals surface area contributed by atoms with Crippen molar-refractivity contribution >= 4 is 73.7 Å². The highest BCUT2D eigenvalue weighted by Gasteiger charge is 2.34. The van der Waals surface area contributed by atoms with Gasteiger partial charge in [0.2, 0.25) is 11.9 Å². The van der Waals surface area contributed by atoms with E-state index in [9.17, 15) is 37.3 Å². The second kappa shape index (κ2) is 14.1. The number of carbonyl (C=O) groups excluding carboxylic acids is 3. The number of nitrogens with one attached hydrogen (secondary N) is 3. The predicted molar refractivity (Wildman–Crippen MR) is 209 cm³/mol. The van der Waals surface area contributed by atoms with Gasteiger partial charge in [-0.05, 0) is 48.0 Å². The minimum atomic E-state index is -4.86. The molecule has 16 nitrogen and oxygen atoms in total. The molecule has 2 heterocycles. The van der Waals surface area contributed by atoms with Gasteiger partial charge in [0.15, 0.2) is 17.3 Å². The first-order chi connectivity index (χ1) is 27.4. The molecule has 17 heteroatoms. The van der Waals surface area contributed by atoms with E-state index in [-0.39, 0.29) is 63.6 Å². The molecule has 0 aliphatic heterocycles. The van der Waals surface area contributed by atoms with Crippen LogP contribution in [0.2, 0.25) is 0 Å². The van der Waals surface area contributed by atoms with Crippen LogP contribution in [0.15, 0.2) is 119 Å². The lowest BCUT2D eigenvalue weighted by Crippen LogP contribution is -2.29. The number of hydrogen-bond acceptors (Lipinski definition) is 14. The average Bonchev–Trinajstić information content (AvgIpc) is 3.19. The third kappa shape index (κ3) is 6.58. The van der Waals surface area contributed by atoms with Crippen LogP contribution in [0.1, 0.15) is 31.8 Å². The molecule has 0 saturated heterocycles. The number of anilines is 6. The Morgan fingerprint density at radius 3 is 2.14 bits per heavy atom. The van der Waals surface area contributed by atoms with Gasteiger partial charge in [-0.2, -0.15) is 23.4 Å². The zero-order chi connectivity index (χ0) is 40.0. The Labute approximate surface area is 322 Å². The lowest BCUT2D eigenvalue weighted by molar-refractivity contribution is -0.120. The van der Waals surface area contributed by atoms with Gasteiger partial charge >= 0.3 is 6.01 Å². The van der Waals surface area contributed by atoms with E-state index in [0.29, 0.717) is 27.6 Å². The zero-order valence-corrected chi connectivity index (χ0v) is 30.2. The molecule has 1 aliphatic rings. The van der Waals surface area contributed by atoms with Crippen molar-refractivity contribution in [2.75, 3.05) is 16.0 Å². The van der Waals surface area contributed by atoms with Crippen LogP contribution >= 0.6 is 0 Å². The summed E-state index contributed by atoms with van der Waals surface area (Å²) >= 11 is 0. The third-order valence-corrected chi connectivity index (χ3v) is 10.1. The molecule has 5 aromatic carbocycles. The molecule has 0 spiro atoms. The Morgan fingerprint density at radius 2 is 1.42 bits per heavy atom. The maximum Gasteiger partial charge on any atom is 0.320 e. The average molecular weight is 782 g/mol. The topological polar surface area (TPSA) is 232 Å². The smallest absolute Gasteiger partial charge is 0.320 e. The molecule has 1 aliphatic carbocycles. The highest BCUT2D eigenvalue weighted by atomic mass is 32.2. The Morgan fingerprint density at radius 1 is 0.754 bits per heavy atom. The number of aryl methyl sites for hydroxylation is 1. The van der Waals surface area contributed by atoms with Gasteiger partial charge in [0.1, 0.15) is 4.90 Å². The Kier molecular flexibility index (Phi) is 8.99. The Balaban J connectivity index is 1.24. The molecular formula is C40H27N7O9S. The van der Waals surface area contributed by atoms with Crippen LogP contribution in [0.25, 0.3) is 22.0 Å². The summed E-state index contributed by atoms with van der Waals surface area (Å²) in [5.41, 5.74) is 1.67. The number of ketones is 2. The van der Waals surface area contributed by atoms with Crippen LogP contribution < -0.4 is 26.2 Å². The number of pyridine rings is 1. The van der Waals surface area contributed by atoms with Crippen molar-refractivity contribution in [3.05, 3.63) is 142 Å². The van der Waals surface area contributed by atoms with Gasteiger partial charge < -0.3 is 30.4 Å². The summed E-state index contributed by atoms with van der Waals surface area (Å²) in [6, 6.07) is 27.6. The second-order valence-corrected chi connectivity index (χ2v) is 14.0. The maximum atomic E-state index is 14.4. The largest absolute Gasteiger partial charge is 0.479 e. The summed E-state index contributed by atoms with van der Waals surface area (Å²) in [7, 11) is -3.33. The van der Waals surface area contributed by atoms with Gasteiger partial charge in [0, 0.05) is 34.8 Å². The number of aromatic nitrogens is 4. The van der Waals surface area contributed by atoms with Crippen molar-refractivity contribution in [1.29, 1.82) is 0 Å². The molecule has 0 amide bonds. The number of ether oxygens (including phenoxy) is 1. The van der Waals surface area contributed by atoms with Crippen molar-refractivity contribution in [3.63, 3.8) is 0 Å². The zero-order valence-electron chi connectivity index (χ0n) is 29.4. The number of aromatic hydroxyl groups is 1. The monoisotopic (exact) mass is 781 g/mol. The molecule has 2 aromatic heterocycles. The molecule has 57 heavy (non-hydrogen) atoms. The van der Waals surface area contributed by atoms with E-state index in [0.717, 1.165) is 6.07 Å². The van der Waals surface area contributed by atoms with Crippen LogP contribution in [0.4, 0.5) is 34.6 Å². The lowest BCUT2D eigenvalue weighted by atomic mass is 9.80. The molecule has 282 valence electrons. The van der Waals surface area contributed by atoms with Gasteiger partial charge in [-0.25, -0.2) is 0 Å². The first-order valence-electron chi connectivity index (χ1n) is 16.9. The molecule has 0 atom stereocenters. The third-order valence-electron chi connectivity index (χ3n) is 9.21. The van der Waals surface area contributed by atoms with E-state index in [4.69, 9.17) is 4.74 Å². The lowest BCUT2D eigenvalue weighted by Gasteiger charge is -2.25. The van der Waals surface area contributed by atoms with Crippen LogP contribution in [-0.4, -0.2) is 55.6 Å². The molecule has 0 saturated carbocycles. The quantitative estimate of drug-likeness (QED) is 0.0586. The van der Waals surface area contributed by atoms with Gasteiger partial charge in [-0.15, -0.1) is 0 Å². The minimum absolute atomic E-state index is 0.104. The molecule has 0 bridgehead atoms. The SMILES string of the molecule is Cn1c(=O)c(C(=O)c2ccccc2)c2c3c(c(Nc4ccc(S(=O)(=O)O)c(Nc5nc(O)nc(Nc6ccccc6OC=O)n5)c4)ccc31)C(=O)c1ccccc1-2. The van der Waals surface area contributed by atoms with Gasteiger partial charge in [0.05, 0.1) is 33.7 Å². The van der Waals surface area contributed by atoms with Crippen LogP contribution in [0, 0.1) is 0 Å². The molecule has 5 N–H and O–H groups in total. The second-order valence-electron chi connectivity index (χ2n) is 12.6. The van der Waals surface area contributed by atoms with E-state index in [1.807, 2.05) is 0 Å². The summed E-state index contributed by atoms with van der Waals surface area (Å²) in [6.45, 7) is 0.226. The predicted octanol–water partition coefficient (Wildman–Crippen LogP) is 5.88. The number of nitrogens with zero attached hydrogens (tertiary/aromatic N) is 4. The number of rotatable bonds is 11. The number of fused-ring (bicyclic) bond motifs is 2. The van der Waals surface area contributed by atoms with Crippen molar-refractivity contribution in [3.8, 4) is 22.9 Å². The van der Waals surface area contributed by atoms with Crippen molar-refractivity contribution in [2.24, 2.45) is 7.05 Å². The minimum Gasteiger partial charge on any atom is -0.479 e. The summed E-state index contributed by atoms with van der Waals surface area (Å²) in [4.78, 5) is 64.7. The van der Waals surface area contributed by atoms with Crippen LogP contribution in [0.5, 0.6) is 11.8 Å². The Bertz CT molecular complexity index is 3010. The summed E-state index contributed by atoms with van der Waals surface area (Å²) in [5.74, 6) is -1.36.